The summed E-state index contributed by atoms with van der Waals surface area (Å²) in [5.41, 5.74) is 7.46. The number of nitrogens with two attached hydrogens (primary N) is 1. The molecule has 0 unspecified atom stereocenters. The quantitative estimate of drug-likeness (QED) is 0.645. The number of aryl methyl sites for hydroxylation is 1. The van der Waals surface area contributed by atoms with E-state index in [1.807, 2.05) is 13.0 Å². The van der Waals surface area contributed by atoms with E-state index in [1.54, 1.807) is 6.20 Å². The zero-order valence-corrected chi connectivity index (χ0v) is 6.04. The molecule has 0 aliphatic heterocycles. The average Bonchev–Trinajstić information content (AvgIpc) is 2.05. The van der Waals surface area contributed by atoms with Gasteiger partial charge < -0.3 is 5.73 Å². The standard InChI is InChI=1S/C7H11N3/c1-2-7-3-6(4-8)5-9-10-7/h3,5H,2,4,8H2,1H3. The molecule has 1 aromatic heterocycles. The van der Waals surface area contributed by atoms with E-state index in [0.717, 1.165) is 17.7 Å². The number of rotatable bonds is 2. The Morgan fingerprint density at radius 1 is 1.60 bits per heavy atom. The van der Waals surface area contributed by atoms with E-state index in [4.69, 9.17) is 5.73 Å². The van der Waals surface area contributed by atoms with Crippen molar-refractivity contribution >= 4 is 0 Å². The summed E-state index contributed by atoms with van der Waals surface area (Å²) in [7, 11) is 0. The molecule has 1 heterocycles. The lowest BCUT2D eigenvalue weighted by molar-refractivity contribution is 0.888. The molecule has 54 valence electrons. The van der Waals surface area contributed by atoms with Gasteiger partial charge in [-0.1, -0.05) is 6.92 Å². The number of nitrogens with zero attached hydrogens (tertiary/aromatic N) is 2. The third-order valence-electron chi connectivity index (χ3n) is 1.36. The maximum Gasteiger partial charge on any atom is 0.0631 e. The molecule has 0 saturated carbocycles. The summed E-state index contributed by atoms with van der Waals surface area (Å²) >= 11 is 0. The van der Waals surface area contributed by atoms with Crippen molar-refractivity contribution in [3.63, 3.8) is 0 Å². The van der Waals surface area contributed by atoms with E-state index in [9.17, 15) is 0 Å². The highest BCUT2D eigenvalue weighted by Crippen LogP contribution is 1.98. The van der Waals surface area contributed by atoms with Gasteiger partial charge >= 0.3 is 0 Å². The van der Waals surface area contributed by atoms with Gasteiger partial charge in [-0.25, -0.2) is 0 Å². The Balaban J connectivity index is 2.87. The normalized spacial score (nSPS) is 9.80. The second-order valence-electron chi connectivity index (χ2n) is 2.11. The summed E-state index contributed by atoms with van der Waals surface area (Å²) in [6.07, 6.45) is 2.61. The summed E-state index contributed by atoms with van der Waals surface area (Å²) in [6, 6.07) is 1.98. The van der Waals surface area contributed by atoms with Crippen LogP contribution in [0.3, 0.4) is 0 Å². The molecule has 3 heteroatoms. The van der Waals surface area contributed by atoms with Crippen LogP contribution >= 0.6 is 0 Å². The molecule has 0 aromatic carbocycles. The largest absolute Gasteiger partial charge is 0.326 e. The molecule has 0 aliphatic carbocycles. The van der Waals surface area contributed by atoms with Crippen LogP contribution in [-0.2, 0) is 13.0 Å². The van der Waals surface area contributed by atoms with Gasteiger partial charge in [0.2, 0.25) is 0 Å². The van der Waals surface area contributed by atoms with Gasteiger partial charge in [0.25, 0.3) is 0 Å². The van der Waals surface area contributed by atoms with Crippen molar-refractivity contribution < 1.29 is 0 Å². The van der Waals surface area contributed by atoms with Crippen molar-refractivity contribution in [1.82, 2.24) is 10.2 Å². The molecule has 0 aliphatic rings. The van der Waals surface area contributed by atoms with E-state index in [-0.39, 0.29) is 0 Å². The maximum atomic E-state index is 5.41. The molecular weight excluding hydrogens is 126 g/mol. The van der Waals surface area contributed by atoms with E-state index in [1.165, 1.54) is 0 Å². The lowest BCUT2D eigenvalue weighted by Crippen LogP contribution is -2.00. The maximum absolute atomic E-state index is 5.41. The van der Waals surface area contributed by atoms with Crippen LogP contribution < -0.4 is 5.73 Å². The van der Waals surface area contributed by atoms with Crippen LogP contribution in [-0.4, -0.2) is 10.2 Å². The number of hydrogen-bond donors (Lipinski definition) is 1. The van der Waals surface area contributed by atoms with Crippen LogP contribution in [0.4, 0.5) is 0 Å². The Hall–Kier alpha value is -0.960. The first-order valence-corrected chi connectivity index (χ1v) is 3.37. The molecule has 0 radical (unpaired) electrons. The van der Waals surface area contributed by atoms with E-state index in [2.05, 4.69) is 10.2 Å². The van der Waals surface area contributed by atoms with Crippen LogP contribution in [0.25, 0.3) is 0 Å². The van der Waals surface area contributed by atoms with Crippen molar-refractivity contribution in [1.29, 1.82) is 0 Å². The third kappa shape index (κ3) is 1.51. The molecule has 10 heavy (non-hydrogen) atoms. The molecule has 1 aromatic rings. The van der Waals surface area contributed by atoms with Crippen molar-refractivity contribution in [2.24, 2.45) is 5.73 Å². The fraction of sp³-hybridized carbons (Fsp3) is 0.429. The van der Waals surface area contributed by atoms with Crippen molar-refractivity contribution in [2.45, 2.75) is 19.9 Å². The second kappa shape index (κ2) is 3.27. The Kier molecular flexibility index (Phi) is 2.34. The second-order valence-corrected chi connectivity index (χ2v) is 2.11. The highest BCUT2D eigenvalue weighted by Gasteiger charge is 1.92. The Labute approximate surface area is 60.3 Å². The topological polar surface area (TPSA) is 51.8 Å². The van der Waals surface area contributed by atoms with Crippen LogP contribution in [0, 0.1) is 0 Å². The monoisotopic (exact) mass is 137 g/mol. The summed E-state index contributed by atoms with van der Waals surface area (Å²) in [5.74, 6) is 0. The van der Waals surface area contributed by atoms with E-state index < -0.39 is 0 Å². The van der Waals surface area contributed by atoms with Crippen LogP contribution in [0.15, 0.2) is 12.3 Å². The summed E-state index contributed by atoms with van der Waals surface area (Å²) in [6.45, 7) is 2.59. The van der Waals surface area contributed by atoms with E-state index >= 15 is 0 Å². The number of hydrogen-bond acceptors (Lipinski definition) is 3. The SMILES string of the molecule is CCc1cc(CN)cnn1. The van der Waals surface area contributed by atoms with Crippen LogP contribution in [0.2, 0.25) is 0 Å². The Morgan fingerprint density at radius 3 is 3.00 bits per heavy atom. The van der Waals surface area contributed by atoms with Gasteiger partial charge in [0.15, 0.2) is 0 Å². The predicted octanol–water partition coefficient (Wildman–Crippen LogP) is 0.498. The molecular formula is C7H11N3. The molecule has 0 fully saturated rings. The van der Waals surface area contributed by atoms with Gasteiger partial charge in [0, 0.05) is 6.54 Å². The van der Waals surface area contributed by atoms with Gasteiger partial charge in [0.1, 0.15) is 0 Å². The minimum atomic E-state index is 0.544. The Bertz CT molecular complexity index is 191. The van der Waals surface area contributed by atoms with Crippen LogP contribution in [0.5, 0.6) is 0 Å². The fourth-order valence-electron chi connectivity index (χ4n) is 0.742. The highest BCUT2D eigenvalue weighted by atomic mass is 15.1. The summed E-state index contributed by atoms with van der Waals surface area (Å²) in [5, 5.41) is 7.70. The van der Waals surface area contributed by atoms with Gasteiger partial charge in [-0.15, -0.1) is 0 Å². The fourth-order valence-corrected chi connectivity index (χ4v) is 0.742. The molecule has 0 atom stereocenters. The average molecular weight is 137 g/mol. The van der Waals surface area contributed by atoms with E-state index in [0.29, 0.717) is 6.54 Å². The first-order valence-electron chi connectivity index (χ1n) is 3.37. The molecule has 0 saturated heterocycles. The zero-order valence-electron chi connectivity index (χ0n) is 6.04. The first-order chi connectivity index (χ1) is 4.86. The smallest absolute Gasteiger partial charge is 0.0631 e. The van der Waals surface area contributed by atoms with Gasteiger partial charge in [-0.05, 0) is 18.1 Å². The predicted molar refractivity (Wildman–Crippen MR) is 39.3 cm³/mol. The summed E-state index contributed by atoms with van der Waals surface area (Å²) in [4.78, 5) is 0. The van der Waals surface area contributed by atoms with Crippen molar-refractivity contribution in [3.05, 3.63) is 23.5 Å². The van der Waals surface area contributed by atoms with Crippen molar-refractivity contribution in [3.8, 4) is 0 Å². The third-order valence-corrected chi connectivity index (χ3v) is 1.36. The molecule has 0 spiro atoms. The van der Waals surface area contributed by atoms with Gasteiger partial charge in [-0.2, -0.15) is 10.2 Å². The van der Waals surface area contributed by atoms with Gasteiger partial charge in [0.05, 0.1) is 11.9 Å². The van der Waals surface area contributed by atoms with Crippen molar-refractivity contribution in [2.75, 3.05) is 0 Å². The van der Waals surface area contributed by atoms with Gasteiger partial charge in [-0.3, -0.25) is 0 Å². The molecule has 3 nitrogen and oxygen atoms in total. The molecule has 0 bridgehead atoms. The zero-order chi connectivity index (χ0) is 7.40. The highest BCUT2D eigenvalue weighted by molar-refractivity contribution is 5.11. The minimum absolute atomic E-state index is 0.544. The Morgan fingerprint density at radius 2 is 2.40 bits per heavy atom. The molecule has 2 N–H and O–H groups in total. The van der Waals surface area contributed by atoms with Crippen LogP contribution in [0.1, 0.15) is 18.2 Å². The molecule has 0 amide bonds. The number of aromatic nitrogens is 2. The first kappa shape index (κ1) is 7.15. The minimum Gasteiger partial charge on any atom is -0.326 e. The molecule has 1 rings (SSSR count). The lowest BCUT2D eigenvalue weighted by Gasteiger charge is -1.96. The summed E-state index contributed by atoms with van der Waals surface area (Å²) < 4.78 is 0. The lowest BCUT2D eigenvalue weighted by atomic mass is 10.2.